The van der Waals surface area contributed by atoms with Crippen molar-refractivity contribution < 1.29 is 18.9 Å². The van der Waals surface area contributed by atoms with Crippen LogP contribution in [0.4, 0.5) is 11.4 Å². The number of benzene rings is 2. The minimum absolute atomic E-state index is 0.277. The molecule has 0 saturated carbocycles. The summed E-state index contributed by atoms with van der Waals surface area (Å²) in [5.41, 5.74) is 2.27. The first kappa shape index (κ1) is 16.2. The molecular weight excluding hydrogens is 318 g/mol. The van der Waals surface area contributed by atoms with Crippen LogP contribution < -0.4 is 14.4 Å². The van der Waals surface area contributed by atoms with Crippen LogP contribution in [0.15, 0.2) is 48.5 Å². The SMILES string of the molecule is CCN(c1ccc(OCC2CO2)cc1)c1ccc(OCC2CO2)cc1. The van der Waals surface area contributed by atoms with Gasteiger partial charge in [0.15, 0.2) is 0 Å². The van der Waals surface area contributed by atoms with E-state index in [9.17, 15) is 0 Å². The molecule has 2 fully saturated rings. The zero-order valence-electron chi connectivity index (χ0n) is 14.4. The van der Waals surface area contributed by atoms with Crippen molar-refractivity contribution in [2.75, 3.05) is 37.9 Å². The van der Waals surface area contributed by atoms with Crippen molar-refractivity contribution >= 4 is 11.4 Å². The second kappa shape index (κ2) is 7.33. The number of anilines is 2. The van der Waals surface area contributed by atoms with Crippen molar-refractivity contribution in [3.8, 4) is 11.5 Å². The highest BCUT2D eigenvalue weighted by Gasteiger charge is 2.23. The number of nitrogens with zero attached hydrogens (tertiary/aromatic N) is 1. The van der Waals surface area contributed by atoms with Crippen molar-refractivity contribution in [3.63, 3.8) is 0 Å². The average Bonchev–Trinajstić information content (AvgIpc) is 3.56. The van der Waals surface area contributed by atoms with Crippen LogP contribution in [0, 0.1) is 0 Å². The Bertz CT molecular complexity index is 618. The lowest BCUT2D eigenvalue weighted by Gasteiger charge is -2.23. The third kappa shape index (κ3) is 4.44. The smallest absolute Gasteiger partial charge is 0.119 e. The van der Waals surface area contributed by atoms with E-state index in [0.717, 1.165) is 42.6 Å². The average molecular weight is 341 g/mol. The molecule has 25 heavy (non-hydrogen) atoms. The summed E-state index contributed by atoms with van der Waals surface area (Å²) in [7, 11) is 0. The Kier molecular flexibility index (Phi) is 4.76. The highest BCUT2D eigenvalue weighted by atomic mass is 16.6. The topological polar surface area (TPSA) is 46.8 Å². The highest BCUT2D eigenvalue weighted by Crippen LogP contribution is 2.29. The quantitative estimate of drug-likeness (QED) is 0.654. The van der Waals surface area contributed by atoms with E-state index in [0.29, 0.717) is 13.2 Å². The van der Waals surface area contributed by atoms with Crippen LogP contribution in [0.5, 0.6) is 11.5 Å². The predicted octanol–water partition coefficient (Wildman–Crippen LogP) is 3.40. The van der Waals surface area contributed by atoms with Crippen molar-refractivity contribution in [1.82, 2.24) is 0 Å². The Morgan fingerprint density at radius 3 is 1.52 bits per heavy atom. The molecule has 0 aromatic heterocycles. The van der Waals surface area contributed by atoms with Gasteiger partial charge in [0.1, 0.15) is 36.9 Å². The minimum Gasteiger partial charge on any atom is -0.491 e. The van der Waals surface area contributed by atoms with Gasteiger partial charge in [0.25, 0.3) is 0 Å². The maximum atomic E-state index is 5.70. The molecule has 4 rings (SSSR count). The Morgan fingerprint density at radius 1 is 0.800 bits per heavy atom. The van der Waals surface area contributed by atoms with Crippen LogP contribution in [0.25, 0.3) is 0 Å². The molecule has 2 saturated heterocycles. The maximum Gasteiger partial charge on any atom is 0.119 e. The van der Waals surface area contributed by atoms with Crippen LogP contribution in [0.2, 0.25) is 0 Å². The molecule has 2 atom stereocenters. The Hall–Kier alpha value is -2.24. The van der Waals surface area contributed by atoms with E-state index in [1.54, 1.807) is 0 Å². The molecule has 5 nitrogen and oxygen atoms in total. The second-order valence-electron chi connectivity index (χ2n) is 6.26. The lowest BCUT2D eigenvalue weighted by atomic mass is 10.2. The van der Waals surface area contributed by atoms with Crippen molar-refractivity contribution in [2.45, 2.75) is 19.1 Å². The summed E-state index contributed by atoms with van der Waals surface area (Å²) in [4.78, 5) is 2.25. The standard InChI is InChI=1S/C20H23NO4/c1-2-21(15-3-7-17(8-4-15)22-11-19-13-24-19)16-5-9-18(10-6-16)23-12-20-14-25-20/h3-10,19-20H,2,11-14H2,1H3. The molecule has 2 unspecified atom stereocenters. The summed E-state index contributed by atoms with van der Waals surface area (Å²) < 4.78 is 21.7. The van der Waals surface area contributed by atoms with Gasteiger partial charge in [0.05, 0.1) is 13.2 Å². The number of hydrogen-bond donors (Lipinski definition) is 0. The molecule has 0 N–H and O–H groups in total. The highest BCUT2D eigenvalue weighted by molar-refractivity contribution is 5.64. The largest absolute Gasteiger partial charge is 0.491 e. The van der Waals surface area contributed by atoms with Crippen molar-refractivity contribution in [2.24, 2.45) is 0 Å². The third-order valence-electron chi connectivity index (χ3n) is 4.29. The van der Waals surface area contributed by atoms with Crippen LogP contribution in [0.3, 0.4) is 0 Å². The fraction of sp³-hybridized carbons (Fsp3) is 0.400. The first-order chi connectivity index (χ1) is 12.3. The summed E-state index contributed by atoms with van der Waals surface area (Å²) in [6, 6.07) is 16.4. The number of ether oxygens (including phenoxy) is 4. The molecule has 0 spiro atoms. The zero-order valence-corrected chi connectivity index (χ0v) is 14.4. The van der Waals surface area contributed by atoms with Gasteiger partial charge in [-0.05, 0) is 55.5 Å². The Labute approximate surface area is 148 Å². The second-order valence-corrected chi connectivity index (χ2v) is 6.26. The lowest BCUT2D eigenvalue weighted by molar-refractivity contribution is 0.263. The van der Waals surface area contributed by atoms with E-state index < -0.39 is 0 Å². The van der Waals surface area contributed by atoms with Crippen molar-refractivity contribution in [3.05, 3.63) is 48.5 Å². The molecule has 2 aromatic carbocycles. The van der Waals surface area contributed by atoms with Gasteiger partial charge >= 0.3 is 0 Å². The van der Waals surface area contributed by atoms with Gasteiger partial charge in [0.2, 0.25) is 0 Å². The number of epoxide rings is 2. The summed E-state index contributed by atoms with van der Waals surface area (Å²) in [5, 5.41) is 0. The monoisotopic (exact) mass is 341 g/mol. The molecule has 2 heterocycles. The van der Waals surface area contributed by atoms with Gasteiger partial charge in [-0.1, -0.05) is 0 Å². The first-order valence-electron chi connectivity index (χ1n) is 8.78. The molecule has 2 aromatic rings. The molecule has 0 radical (unpaired) electrons. The summed E-state index contributed by atoms with van der Waals surface area (Å²) in [5.74, 6) is 1.75. The Morgan fingerprint density at radius 2 is 1.20 bits per heavy atom. The predicted molar refractivity (Wildman–Crippen MR) is 96.0 cm³/mol. The van der Waals surface area contributed by atoms with E-state index in [1.165, 1.54) is 0 Å². The first-order valence-corrected chi connectivity index (χ1v) is 8.78. The zero-order chi connectivity index (χ0) is 17.1. The summed E-state index contributed by atoms with van der Waals surface area (Å²) >= 11 is 0. The van der Waals surface area contributed by atoms with Gasteiger partial charge in [-0.2, -0.15) is 0 Å². The molecule has 5 heteroatoms. The van der Waals surface area contributed by atoms with Gasteiger partial charge in [-0.3, -0.25) is 0 Å². The van der Waals surface area contributed by atoms with Crippen LogP contribution >= 0.6 is 0 Å². The van der Waals surface area contributed by atoms with Gasteiger partial charge in [-0.15, -0.1) is 0 Å². The fourth-order valence-corrected chi connectivity index (χ4v) is 2.67. The summed E-state index contributed by atoms with van der Waals surface area (Å²) in [6.07, 6.45) is 0.554. The molecule has 0 amide bonds. The number of rotatable bonds is 9. The van der Waals surface area contributed by atoms with Gasteiger partial charge in [0, 0.05) is 17.9 Å². The van der Waals surface area contributed by atoms with Crippen LogP contribution in [0.1, 0.15) is 6.92 Å². The molecule has 0 aliphatic carbocycles. The Balaban J connectivity index is 1.39. The van der Waals surface area contributed by atoms with E-state index >= 15 is 0 Å². The molecule has 2 aliphatic rings. The normalized spacial score (nSPS) is 20.8. The molecule has 132 valence electrons. The van der Waals surface area contributed by atoms with Crippen molar-refractivity contribution in [1.29, 1.82) is 0 Å². The summed E-state index contributed by atoms with van der Waals surface area (Å²) in [6.45, 7) is 5.91. The van der Waals surface area contributed by atoms with E-state index in [-0.39, 0.29) is 12.2 Å². The van der Waals surface area contributed by atoms with E-state index in [1.807, 2.05) is 24.3 Å². The van der Waals surface area contributed by atoms with Gasteiger partial charge < -0.3 is 23.8 Å². The van der Waals surface area contributed by atoms with Gasteiger partial charge in [-0.25, -0.2) is 0 Å². The lowest BCUT2D eigenvalue weighted by Crippen LogP contribution is -2.16. The van der Waals surface area contributed by atoms with E-state index in [4.69, 9.17) is 18.9 Å². The van der Waals surface area contributed by atoms with Crippen LogP contribution in [-0.4, -0.2) is 45.2 Å². The fourth-order valence-electron chi connectivity index (χ4n) is 2.67. The maximum absolute atomic E-state index is 5.70. The van der Waals surface area contributed by atoms with Crippen LogP contribution in [-0.2, 0) is 9.47 Å². The molecule has 2 aliphatic heterocycles. The third-order valence-corrected chi connectivity index (χ3v) is 4.29. The van der Waals surface area contributed by atoms with E-state index in [2.05, 4.69) is 36.1 Å². The minimum atomic E-state index is 0.277. The molecule has 0 bridgehead atoms. The molecular formula is C20H23NO4. The number of hydrogen-bond acceptors (Lipinski definition) is 5.